The van der Waals surface area contributed by atoms with Crippen LogP contribution in [0.25, 0.3) is 0 Å². The summed E-state index contributed by atoms with van der Waals surface area (Å²) in [7, 11) is 0. The largest absolute Gasteiger partial charge is 0.508 e. The van der Waals surface area contributed by atoms with Crippen molar-refractivity contribution < 1.29 is 18.7 Å². The molecule has 0 spiro atoms. The van der Waals surface area contributed by atoms with Crippen LogP contribution in [0.3, 0.4) is 0 Å². The second kappa shape index (κ2) is 11.4. The minimum absolute atomic E-state index is 0.0795. The molecule has 2 aromatic rings. The monoisotopic (exact) mass is 463 g/mol. The molecule has 2 aliphatic heterocycles. The molecule has 2 saturated heterocycles. The van der Waals surface area contributed by atoms with E-state index in [1.807, 2.05) is 45.6 Å². The van der Waals surface area contributed by atoms with Crippen molar-refractivity contribution in [3.63, 3.8) is 0 Å². The quantitative estimate of drug-likeness (QED) is 0.705. The minimum atomic E-state index is -1.03. The van der Waals surface area contributed by atoms with Crippen molar-refractivity contribution in [3.05, 3.63) is 48.3 Å². The number of anilines is 1. The molecule has 0 bridgehead atoms. The highest BCUT2D eigenvalue weighted by Crippen LogP contribution is 2.34. The van der Waals surface area contributed by atoms with E-state index < -0.39 is 17.7 Å². The molecule has 1 aromatic carbocycles. The Bertz CT molecular complexity index is 907. The number of benzene rings is 1. The van der Waals surface area contributed by atoms with Crippen LogP contribution < -0.4 is 10.6 Å². The molecular weight excluding hydrogens is 428 g/mol. The summed E-state index contributed by atoms with van der Waals surface area (Å²) in [6, 6.07) is 4.60. The highest BCUT2D eigenvalue weighted by molar-refractivity contribution is 5.83. The summed E-state index contributed by atoms with van der Waals surface area (Å²) < 4.78 is 24.1. The van der Waals surface area contributed by atoms with E-state index in [9.17, 15) is 13.6 Å². The van der Waals surface area contributed by atoms with Crippen molar-refractivity contribution in [3.8, 4) is 5.75 Å². The van der Waals surface area contributed by atoms with Gasteiger partial charge in [-0.15, -0.1) is 0 Å². The molecule has 1 unspecified atom stereocenters. The van der Waals surface area contributed by atoms with E-state index in [0.717, 1.165) is 50.1 Å². The maximum Gasteiger partial charge on any atom is 0.240 e. The normalized spacial score (nSPS) is 20.2. The summed E-state index contributed by atoms with van der Waals surface area (Å²) in [5, 5.41) is 8.53. The van der Waals surface area contributed by atoms with E-state index in [1.54, 1.807) is 12.4 Å². The first-order chi connectivity index (χ1) is 15.6. The van der Waals surface area contributed by atoms with Gasteiger partial charge in [0, 0.05) is 31.5 Å². The highest BCUT2D eigenvalue weighted by atomic mass is 19.2. The van der Waals surface area contributed by atoms with Gasteiger partial charge < -0.3 is 20.6 Å². The van der Waals surface area contributed by atoms with Gasteiger partial charge in [-0.25, -0.2) is 18.7 Å². The molecule has 2 aliphatic rings. The van der Waals surface area contributed by atoms with E-state index >= 15 is 0 Å². The lowest BCUT2D eigenvalue weighted by molar-refractivity contribution is -0.135. The lowest BCUT2D eigenvalue weighted by Gasteiger charge is -2.32. The zero-order valence-electron chi connectivity index (χ0n) is 20.0. The maximum absolute atomic E-state index is 12.7. The predicted octanol–water partition coefficient (Wildman–Crippen LogP) is 3.73. The van der Waals surface area contributed by atoms with Crippen LogP contribution in [0.2, 0.25) is 0 Å². The topological polar surface area (TPSA) is 95.6 Å². The van der Waals surface area contributed by atoms with Gasteiger partial charge in [0.15, 0.2) is 11.6 Å². The predicted molar refractivity (Wildman–Crippen MR) is 125 cm³/mol. The smallest absolute Gasteiger partial charge is 0.240 e. The lowest BCUT2D eigenvalue weighted by atomic mass is 9.86. The highest BCUT2D eigenvalue weighted by Gasteiger charge is 2.47. The number of fused-ring (bicyclic) bond motifs is 1. The van der Waals surface area contributed by atoms with Crippen molar-refractivity contribution in [2.24, 2.45) is 11.1 Å². The molecule has 33 heavy (non-hydrogen) atoms. The number of carbonyl (C=O) groups excluding carboxylic acids is 1. The Hall–Kier alpha value is -2.81. The molecule has 7 nitrogen and oxygen atoms in total. The Kier molecular flexibility index (Phi) is 9.10. The summed E-state index contributed by atoms with van der Waals surface area (Å²) in [5.74, 6) is -1.41. The standard InChI is InChI=1S/C16H25N5O.C6H4F2O.C2H6/c1-16(2,3)13(17)14(22)20-9-5-12-11(20)6-10-21(12)15-18-7-4-8-19-15;7-5-2-1-4(9)3-6(5)8;1-2/h4,7-8,11-13H,5-6,9-10,17H2,1-3H3;1-3,9H;1-2H3/t11-,12-,13?;;/m1../s1. The number of rotatable bonds is 2. The number of phenolic OH excluding ortho intramolecular Hbond substituents is 1. The number of phenols is 1. The molecule has 2 fully saturated rings. The third-order valence-corrected chi connectivity index (χ3v) is 5.77. The summed E-state index contributed by atoms with van der Waals surface area (Å²) in [6.07, 6.45) is 5.46. The van der Waals surface area contributed by atoms with Gasteiger partial charge in [0.25, 0.3) is 0 Å². The van der Waals surface area contributed by atoms with Crippen LogP contribution in [0.15, 0.2) is 36.7 Å². The molecule has 1 amide bonds. The Morgan fingerprint density at radius 1 is 1.09 bits per heavy atom. The molecule has 0 saturated carbocycles. The summed E-state index contributed by atoms with van der Waals surface area (Å²) in [4.78, 5) is 25.7. The maximum atomic E-state index is 12.7. The Morgan fingerprint density at radius 3 is 2.24 bits per heavy atom. The first kappa shape index (κ1) is 26.4. The Balaban J connectivity index is 0.000000293. The first-order valence-corrected chi connectivity index (χ1v) is 11.3. The van der Waals surface area contributed by atoms with Gasteiger partial charge in [-0.1, -0.05) is 34.6 Å². The van der Waals surface area contributed by atoms with E-state index in [-0.39, 0.29) is 23.1 Å². The van der Waals surface area contributed by atoms with Gasteiger partial charge >= 0.3 is 0 Å². The average molecular weight is 464 g/mol. The molecule has 3 heterocycles. The molecule has 3 atom stereocenters. The number of nitrogens with zero attached hydrogens (tertiary/aromatic N) is 4. The molecule has 4 rings (SSSR count). The number of carbonyl (C=O) groups is 1. The molecule has 1 aromatic heterocycles. The van der Waals surface area contributed by atoms with E-state index in [4.69, 9.17) is 10.8 Å². The van der Waals surface area contributed by atoms with Crippen molar-refractivity contribution in [1.82, 2.24) is 14.9 Å². The second-order valence-electron chi connectivity index (χ2n) is 8.93. The number of likely N-dealkylation sites (tertiary alicyclic amines) is 1. The van der Waals surface area contributed by atoms with Crippen LogP contribution >= 0.6 is 0 Å². The Morgan fingerprint density at radius 2 is 1.70 bits per heavy atom. The van der Waals surface area contributed by atoms with Crippen LogP contribution in [-0.2, 0) is 4.79 Å². The van der Waals surface area contributed by atoms with Crippen molar-refractivity contribution in [2.45, 2.75) is 65.6 Å². The zero-order valence-corrected chi connectivity index (χ0v) is 20.0. The first-order valence-electron chi connectivity index (χ1n) is 11.3. The summed E-state index contributed by atoms with van der Waals surface area (Å²) in [5.41, 5.74) is 5.96. The van der Waals surface area contributed by atoms with Crippen LogP contribution in [0.1, 0.15) is 47.5 Å². The molecular formula is C24H35F2N5O2. The molecule has 3 N–H and O–H groups in total. The fourth-order valence-corrected chi connectivity index (χ4v) is 3.98. The lowest BCUT2D eigenvalue weighted by Crippen LogP contribution is -2.52. The van der Waals surface area contributed by atoms with Crippen LogP contribution in [0.4, 0.5) is 14.7 Å². The third kappa shape index (κ3) is 6.37. The van der Waals surface area contributed by atoms with Crippen molar-refractivity contribution in [2.75, 3.05) is 18.0 Å². The van der Waals surface area contributed by atoms with E-state index in [2.05, 4.69) is 14.9 Å². The van der Waals surface area contributed by atoms with Crippen molar-refractivity contribution >= 4 is 11.9 Å². The third-order valence-electron chi connectivity index (χ3n) is 5.77. The summed E-state index contributed by atoms with van der Waals surface area (Å²) in [6.45, 7) is 11.7. The van der Waals surface area contributed by atoms with Crippen LogP contribution in [0, 0.1) is 17.0 Å². The van der Waals surface area contributed by atoms with Gasteiger partial charge in [0.2, 0.25) is 11.9 Å². The fourth-order valence-electron chi connectivity index (χ4n) is 3.98. The van der Waals surface area contributed by atoms with Crippen LogP contribution in [-0.4, -0.2) is 57.1 Å². The van der Waals surface area contributed by atoms with E-state index in [1.165, 1.54) is 0 Å². The molecule has 182 valence electrons. The van der Waals surface area contributed by atoms with E-state index in [0.29, 0.717) is 6.04 Å². The van der Waals surface area contributed by atoms with Gasteiger partial charge in [-0.2, -0.15) is 0 Å². The van der Waals surface area contributed by atoms with Crippen molar-refractivity contribution in [1.29, 1.82) is 0 Å². The number of hydrogen-bond acceptors (Lipinski definition) is 6. The number of aromatic nitrogens is 2. The fraction of sp³-hybridized carbons (Fsp3) is 0.542. The minimum Gasteiger partial charge on any atom is -0.508 e. The molecule has 0 radical (unpaired) electrons. The Labute approximate surface area is 194 Å². The van der Waals surface area contributed by atoms with Gasteiger partial charge in [-0.3, -0.25) is 4.79 Å². The van der Waals surface area contributed by atoms with Gasteiger partial charge in [0.1, 0.15) is 5.75 Å². The second-order valence-corrected chi connectivity index (χ2v) is 8.93. The van der Waals surface area contributed by atoms with Crippen LogP contribution in [0.5, 0.6) is 5.75 Å². The SMILES string of the molecule is CC.CC(C)(C)C(N)C(=O)N1CC[C@@H]2[C@H]1CCN2c1ncccn1.Oc1ccc(F)c(F)c1. The molecule has 0 aliphatic carbocycles. The van der Waals surface area contributed by atoms with Gasteiger partial charge in [0.05, 0.1) is 18.1 Å². The zero-order chi connectivity index (χ0) is 24.8. The summed E-state index contributed by atoms with van der Waals surface area (Å²) >= 11 is 0. The number of hydrogen-bond donors (Lipinski definition) is 2. The number of aromatic hydroxyl groups is 1. The average Bonchev–Trinajstić information content (AvgIpc) is 3.40. The van der Waals surface area contributed by atoms with Gasteiger partial charge in [-0.05, 0) is 36.5 Å². The molecule has 9 heteroatoms. The number of halogens is 2. The number of amides is 1. The number of nitrogens with two attached hydrogens (primary N) is 1.